The number of nitrogens with zero attached hydrogens (tertiary/aromatic N) is 2. The van der Waals surface area contributed by atoms with E-state index < -0.39 is 0 Å². The zero-order valence-corrected chi connectivity index (χ0v) is 23.0. The smallest absolute Gasteiger partial charge is 0.280 e. The summed E-state index contributed by atoms with van der Waals surface area (Å²) in [5.74, 6) is -0.0811. The van der Waals surface area contributed by atoms with E-state index in [2.05, 4.69) is 32.5 Å². The second-order valence-corrected chi connectivity index (χ2v) is 12.5. The van der Waals surface area contributed by atoms with Crippen LogP contribution in [0.4, 0.5) is 0 Å². The Labute approximate surface area is 230 Å². The molecular weight excluding hydrogens is 522 g/mol. The van der Waals surface area contributed by atoms with E-state index in [1.54, 1.807) is 12.1 Å². The van der Waals surface area contributed by atoms with Crippen LogP contribution in [0.3, 0.4) is 0 Å². The second kappa shape index (κ2) is 10.4. The molecule has 3 heterocycles. The van der Waals surface area contributed by atoms with Crippen molar-refractivity contribution in [2.45, 2.75) is 63.6 Å². The molecule has 2 aliphatic carbocycles. The van der Waals surface area contributed by atoms with Crippen LogP contribution in [0.25, 0.3) is 10.9 Å². The number of likely N-dealkylation sites (N-methyl/N-ethyl adjacent to an activating group) is 1. The van der Waals surface area contributed by atoms with Crippen molar-refractivity contribution < 1.29 is 14.4 Å². The van der Waals surface area contributed by atoms with Crippen molar-refractivity contribution >= 4 is 51.4 Å². The fourth-order valence-corrected chi connectivity index (χ4v) is 7.18. The lowest BCUT2D eigenvalue weighted by Crippen LogP contribution is -2.55. The van der Waals surface area contributed by atoms with Crippen molar-refractivity contribution in [2.24, 2.45) is 11.8 Å². The van der Waals surface area contributed by atoms with Crippen molar-refractivity contribution in [1.82, 2.24) is 25.5 Å². The van der Waals surface area contributed by atoms with Gasteiger partial charge < -0.3 is 20.5 Å². The normalized spacial score (nSPS) is 24.0. The van der Waals surface area contributed by atoms with Gasteiger partial charge in [0.05, 0.1) is 11.7 Å². The Kier molecular flexibility index (Phi) is 7.01. The first-order valence-electron chi connectivity index (χ1n) is 13.4. The number of benzene rings is 1. The van der Waals surface area contributed by atoms with Crippen LogP contribution >= 0.6 is 22.9 Å². The summed E-state index contributed by atoms with van der Waals surface area (Å²) in [6.07, 6.45) is 5.76. The molecule has 6 rings (SSSR count). The van der Waals surface area contributed by atoms with Crippen LogP contribution in [0, 0.1) is 11.8 Å². The number of nitrogens with one attached hydrogen (secondary N) is 3. The van der Waals surface area contributed by atoms with Gasteiger partial charge in [-0.2, -0.15) is 0 Å². The number of hydrogen-bond acceptors (Lipinski definition) is 6. The number of hydrogen-bond donors (Lipinski definition) is 3. The number of amides is 2. The third-order valence-corrected chi connectivity index (χ3v) is 9.65. The Morgan fingerprint density at radius 1 is 1.05 bits per heavy atom. The molecule has 0 spiro atoms. The standard InChI is InChI=1S/C28H32ClN5O3S/c1-34-10-9-21-24(14-34)38-28(33-21)27(37)32-22-12-16(25(35)15-3-2-4-15)5-7-20(22)31-26(36)23-13-17-11-18(29)6-8-19(17)30-23/h6,8,11,13,15-16,20,22,30H,2-5,7,9-10,12,14H2,1H3,(H,31,36)(H,32,37)/t16?,20-,22+/m0/s1. The molecule has 2 aromatic heterocycles. The van der Waals surface area contributed by atoms with Crippen LogP contribution in [-0.4, -0.2) is 58.1 Å². The van der Waals surface area contributed by atoms with Gasteiger partial charge in [-0.1, -0.05) is 18.0 Å². The minimum absolute atomic E-state index is 0.0906. The van der Waals surface area contributed by atoms with E-state index in [-0.39, 0.29) is 35.7 Å². The molecule has 0 radical (unpaired) electrons. The number of H-pyrrole nitrogens is 1. The molecule has 1 aromatic carbocycles. The number of ketones is 1. The summed E-state index contributed by atoms with van der Waals surface area (Å²) in [5, 5.41) is 8.22. The van der Waals surface area contributed by atoms with Crippen LogP contribution in [0.2, 0.25) is 5.02 Å². The highest BCUT2D eigenvalue weighted by Crippen LogP contribution is 2.35. The maximum absolute atomic E-state index is 13.3. The number of rotatable bonds is 6. The molecule has 3 aliphatic rings. The molecule has 1 unspecified atom stereocenters. The summed E-state index contributed by atoms with van der Waals surface area (Å²) in [5.41, 5.74) is 2.28. The van der Waals surface area contributed by atoms with E-state index in [0.29, 0.717) is 40.8 Å². The number of aromatic amines is 1. The minimum Gasteiger partial charge on any atom is -0.351 e. The van der Waals surface area contributed by atoms with Crippen molar-refractivity contribution in [3.05, 3.63) is 50.6 Å². The molecular formula is C28H32ClN5O3S. The zero-order chi connectivity index (χ0) is 26.4. The molecule has 38 heavy (non-hydrogen) atoms. The Morgan fingerprint density at radius 3 is 2.66 bits per heavy atom. The van der Waals surface area contributed by atoms with Crippen LogP contribution in [0.1, 0.15) is 69.4 Å². The molecule has 2 saturated carbocycles. The lowest BCUT2D eigenvalue weighted by Gasteiger charge is -2.38. The first-order chi connectivity index (χ1) is 18.3. The predicted octanol–water partition coefficient (Wildman–Crippen LogP) is 4.33. The quantitative estimate of drug-likeness (QED) is 0.421. The van der Waals surface area contributed by atoms with Crippen LogP contribution < -0.4 is 10.6 Å². The molecule has 3 atom stereocenters. The molecule has 3 aromatic rings. The number of thiazole rings is 1. The predicted molar refractivity (Wildman–Crippen MR) is 148 cm³/mol. The van der Waals surface area contributed by atoms with Crippen molar-refractivity contribution in [3.8, 4) is 0 Å². The summed E-state index contributed by atoms with van der Waals surface area (Å²) >= 11 is 7.55. The summed E-state index contributed by atoms with van der Waals surface area (Å²) in [6, 6.07) is 6.59. The lowest BCUT2D eigenvalue weighted by atomic mass is 9.71. The molecule has 2 amide bonds. The largest absolute Gasteiger partial charge is 0.351 e. The average molecular weight is 554 g/mol. The Bertz CT molecular complexity index is 1400. The maximum Gasteiger partial charge on any atom is 0.280 e. The number of fused-ring (bicyclic) bond motifs is 2. The molecule has 8 nitrogen and oxygen atoms in total. The van der Waals surface area contributed by atoms with Crippen molar-refractivity contribution in [1.29, 1.82) is 0 Å². The first kappa shape index (κ1) is 25.5. The number of carbonyl (C=O) groups is 3. The SMILES string of the molecule is CN1CCc2nc(C(=O)N[C@@H]3CC(C(=O)C4CCC4)CC[C@@H]3NC(=O)c3cc4cc(Cl)ccc4[nH]3)sc2C1. The first-order valence-corrected chi connectivity index (χ1v) is 14.6. The lowest BCUT2D eigenvalue weighted by molar-refractivity contribution is -0.130. The fourth-order valence-electron chi connectivity index (χ4n) is 5.91. The topological polar surface area (TPSA) is 107 Å². The van der Waals surface area contributed by atoms with Gasteiger partial charge in [0.25, 0.3) is 11.8 Å². The highest BCUT2D eigenvalue weighted by atomic mass is 35.5. The molecule has 0 bridgehead atoms. The van der Waals surface area contributed by atoms with Gasteiger partial charge in [0.15, 0.2) is 5.01 Å². The van der Waals surface area contributed by atoms with Gasteiger partial charge in [0, 0.05) is 58.2 Å². The Hall–Kier alpha value is -2.75. The summed E-state index contributed by atoms with van der Waals surface area (Å²) in [7, 11) is 2.07. The second-order valence-electron chi connectivity index (χ2n) is 11.0. The maximum atomic E-state index is 13.3. The Balaban J connectivity index is 1.19. The van der Waals surface area contributed by atoms with Gasteiger partial charge in [0.1, 0.15) is 11.5 Å². The fraction of sp³-hybridized carbons (Fsp3) is 0.500. The van der Waals surface area contributed by atoms with E-state index in [4.69, 9.17) is 11.6 Å². The van der Waals surface area contributed by atoms with E-state index in [1.807, 2.05) is 12.1 Å². The minimum atomic E-state index is -0.350. The van der Waals surface area contributed by atoms with E-state index >= 15 is 0 Å². The zero-order valence-electron chi connectivity index (χ0n) is 21.4. The summed E-state index contributed by atoms with van der Waals surface area (Å²) in [4.78, 5) is 50.8. The molecule has 2 fully saturated rings. The monoisotopic (exact) mass is 553 g/mol. The number of Topliss-reactive ketones (excluding diaryl/α,β-unsaturated/α-hetero) is 1. The van der Waals surface area contributed by atoms with E-state index in [9.17, 15) is 14.4 Å². The summed E-state index contributed by atoms with van der Waals surface area (Å²) in [6.45, 7) is 1.73. The molecule has 10 heteroatoms. The van der Waals surface area contributed by atoms with Crippen LogP contribution in [0.15, 0.2) is 24.3 Å². The van der Waals surface area contributed by atoms with Crippen molar-refractivity contribution in [2.75, 3.05) is 13.6 Å². The highest BCUT2D eigenvalue weighted by molar-refractivity contribution is 7.13. The third-order valence-electron chi connectivity index (χ3n) is 8.34. The van der Waals surface area contributed by atoms with E-state index in [0.717, 1.165) is 60.2 Å². The van der Waals surface area contributed by atoms with E-state index in [1.165, 1.54) is 11.3 Å². The Morgan fingerprint density at radius 2 is 1.87 bits per heavy atom. The average Bonchev–Trinajstić information content (AvgIpc) is 3.47. The van der Waals surface area contributed by atoms with Gasteiger partial charge in [-0.05, 0) is 63.4 Å². The summed E-state index contributed by atoms with van der Waals surface area (Å²) < 4.78 is 0. The van der Waals surface area contributed by atoms with Gasteiger partial charge >= 0.3 is 0 Å². The van der Waals surface area contributed by atoms with Gasteiger partial charge in [-0.15, -0.1) is 11.3 Å². The van der Waals surface area contributed by atoms with Crippen LogP contribution in [-0.2, 0) is 17.8 Å². The highest BCUT2D eigenvalue weighted by Gasteiger charge is 2.39. The third kappa shape index (κ3) is 5.11. The van der Waals surface area contributed by atoms with Gasteiger partial charge in [0.2, 0.25) is 0 Å². The molecule has 200 valence electrons. The van der Waals surface area contributed by atoms with Crippen molar-refractivity contribution in [3.63, 3.8) is 0 Å². The number of aromatic nitrogens is 2. The van der Waals surface area contributed by atoms with Gasteiger partial charge in [-0.3, -0.25) is 14.4 Å². The molecule has 1 aliphatic heterocycles. The van der Waals surface area contributed by atoms with Gasteiger partial charge in [-0.25, -0.2) is 4.98 Å². The number of carbonyl (C=O) groups excluding carboxylic acids is 3. The molecule has 0 saturated heterocycles. The van der Waals surface area contributed by atoms with Crippen LogP contribution in [0.5, 0.6) is 0 Å². The molecule has 3 N–H and O–H groups in total. The number of halogens is 1.